The molecule has 0 spiro atoms. The number of carbonyl (C=O) groups excluding carboxylic acids is 1. The van der Waals surface area contributed by atoms with Crippen molar-refractivity contribution in [2.24, 2.45) is 5.92 Å². The number of aromatic nitrogens is 2. The van der Waals surface area contributed by atoms with Crippen molar-refractivity contribution in [1.82, 2.24) is 14.9 Å². The van der Waals surface area contributed by atoms with E-state index in [1.54, 1.807) is 4.90 Å². The van der Waals surface area contributed by atoms with Crippen molar-refractivity contribution in [1.29, 1.82) is 0 Å². The molecule has 7 heteroatoms. The Labute approximate surface area is 129 Å². The van der Waals surface area contributed by atoms with Crippen LogP contribution in [0.1, 0.15) is 33.6 Å². The first kappa shape index (κ1) is 16.5. The van der Waals surface area contributed by atoms with E-state index in [0.29, 0.717) is 25.6 Å². The van der Waals surface area contributed by atoms with E-state index in [2.05, 4.69) is 9.97 Å². The lowest BCUT2D eigenvalue weighted by Gasteiger charge is -2.33. The monoisotopic (exact) mass is 311 g/mol. The van der Waals surface area contributed by atoms with Gasteiger partial charge in [0.1, 0.15) is 5.60 Å². The molecule has 22 heavy (non-hydrogen) atoms. The Balaban J connectivity index is 1.73. The molecule has 1 amide bonds. The summed E-state index contributed by atoms with van der Waals surface area (Å²) in [6, 6.07) is 0.177. The Morgan fingerprint density at radius 1 is 1.32 bits per heavy atom. The van der Waals surface area contributed by atoms with E-state index in [1.807, 2.05) is 20.8 Å². The van der Waals surface area contributed by atoms with Gasteiger partial charge in [-0.3, -0.25) is 0 Å². The fourth-order valence-electron chi connectivity index (χ4n) is 2.18. The summed E-state index contributed by atoms with van der Waals surface area (Å²) in [6.45, 7) is 7.32. The molecule has 0 aromatic carbocycles. The molecule has 1 aliphatic rings. The molecule has 122 valence electrons. The molecule has 6 nitrogen and oxygen atoms in total. The molecule has 0 unspecified atom stereocenters. The van der Waals surface area contributed by atoms with Crippen molar-refractivity contribution in [2.45, 2.75) is 39.2 Å². The third-order valence-electron chi connectivity index (χ3n) is 3.31. The average Bonchev–Trinajstić information content (AvgIpc) is 2.45. The van der Waals surface area contributed by atoms with Crippen LogP contribution in [0.15, 0.2) is 12.4 Å². The van der Waals surface area contributed by atoms with Crippen molar-refractivity contribution in [3.63, 3.8) is 0 Å². The maximum Gasteiger partial charge on any atom is 0.410 e. The number of ether oxygens (including phenoxy) is 2. The molecule has 1 fully saturated rings. The average molecular weight is 311 g/mol. The highest BCUT2D eigenvalue weighted by Gasteiger charge is 2.27. The van der Waals surface area contributed by atoms with Crippen LogP contribution in [-0.4, -0.2) is 46.3 Å². The van der Waals surface area contributed by atoms with Gasteiger partial charge in [0.2, 0.25) is 0 Å². The number of nitrogens with zero attached hydrogens (tertiary/aromatic N) is 3. The predicted molar refractivity (Wildman–Crippen MR) is 78.0 cm³/mol. The van der Waals surface area contributed by atoms with Crippen LogP contribution in [-0.2, 0) is 4.74 Å². The molecular weight excluding hydrogens is 289 g/mol. The maximum atomic E-state index is 12.7. The van der Waals surface area contributed by atoms with Crippen molar-refractivity contribution < 1.29 is 18.7 Å². The minimum absolute atomic E-state index is 0.177. The molecule has 1 aliphatic heterocycles. The van der Waals surface area contributed by atoms with Gasteiger partial charge in [0.15, 0.2) is 5.82 Å². The number of carbonyl (C=O) groups is 1. The van der Waals surface area contributed by atoms with E-state index in [-0.39, 0.29) is 12.1 Å². The number of hydrogen-bond donors (Lipinski definition) is 0. The third kappa shape index (κ3) is 5.13. The fraction of sp³-hybridized carbons (Fsp3) is 0.667. The molecule has 2 heterocycles. The first-order valence-electron chi connectivity index (χ1n) is 7.42. The van der Waals surface area contributed by atoms with Crippen LogP contribution < -0.4 is 4.74 Å². The van der Waals surface area contributed by atoms with Gasteiger partial charge in [-0.15, -0.1) is 0 Å². The molecule has 1 saturated heterocycles. The summed E-state index contributed by atoms with van der Waals surface area (Å²) in [5, 5.41) is 0. The summed E-state index contributed by atoms with van der Waals surface area (Å²) < 4.78 is 23.5. The molecule has 1 aromatic rings. The number of amides is 1. The summed E-state index contributed by atoms with van der Waals surface area (Å²) in [5.41, 5.74) is -0.475. The molecule has 0 N–H and O–H groups in total. The molecule has 0 aliphatic carbocycles. The molecular formula is C15H22FN3O3. The number of halogens is 1. The van der Waals surface area contributed by atoms with Crippen LogP contribution in [0.2, 0.25) is 0 Å². The zero-order valence-electron chi connectivity index (χ0n) is 13.2. The minimum Gasteiger partial charge on any atom is -0.463 e. The topological polar surface area (TPSA) is 64.5 Å². The normalized spacial score (nSPS) is 16.5. The van der Waals surface area contributed by atoms with E-state index in [9.17, 15) is 9.18 Å². The van der Waals surface area contributed by atoms with Gasteiger partial charge in [0.05, 0.1) is 19.0 Å². The Hall–Kier alpha value is -1.92. The van der Waals surface area contributed by atoms with Crippen LogP contribution in [0.5, 0.6) is 6.01 Å². The van der Waals surface area contributed by atoms with Gasteiger partial charge in [0.25, 0.3) is 0 Å². The first-order valence-corrected chi connectivity index (χ1v) is 7.42. The summed E-state index contributed by atoms with van der Waals surface area (Å²) in [6.07, 6.45) is 3.55. The van der Waals surface area contributed by atoms with Gasteiger partial charge in [-0.05, 0) is 39.5 Å². The van der Waals surface area contributed by atoms with E-state index in [1.165, 1.54) is 0 Å². The lowest BCUT2D eigenvalue weighted by molar-refractivity contribution is 0.0163. The van der Waals surface area contributed by atoms with Crippen LogP contribution >= 0.6 is 0 Å². The number of rotatable bonds is 3. The smallest absolute Gasteiger partial charge is 0.410 e. The lowest BCUT2D eigenvalue weighted by atomic mass is 9.98. The van der Waals surface area contributed by atoms with E-state index < -0.39 is 11.4 Å². The van der Waals surface area contributed by atoms with Gasteiger partial charge in [0, 0.05) is 13.1 Å². The Morgan fingerprint density at radius 2 is 1.91 bits per heavy atom. The summed E-state index contributed by atoms with van der Waals surface area (Å²) in [5.74, 6) is -0.162. The van der Waals surface area contributed by atoms with E-state index in [0.717, 1.165) is 25.2 Å². The van der Waals surface area contributed by atoms with Crippen LogP contribution in [0.25, 0.3) is 0 Å². The van der Waals surface area contributed by atoms with Gasteiger partial charge in [-0.25, -0.2) is 19.2 Å². The molecule has 0 atom stereocenters. The highest BCUT2D eigenvalue weighted by molar-refractivity contribution is 5.68. The van der Waals surface area contributed by atoms with Gasteiger partial charge >= 0.3 is 12.1 Å². The first-order chi connectivity index (χ1) is 10.3. The molecule has 2 rings (SSSR count). The summed E-state index contributed by atoms with van der Waals surface area (Å²) >= 11 is 0. The quantitative estimate of drug-likeness (QED) is 0.858. The van der Waals surface area contributed by atoms with Crippen LogP contribution in [0, 0.1) is 11.7 Å². The van der Waals surface area contributed by atoms with Crippen LogP contribution in [0.4, 0.5) is 9.18 Å². The SMILES string of the molecule is CC(C)(C)OC(=O)N1CCC(COc2ncc(F)cn2)CC1. The predicted octanol–water partition coefficient (Wildman–Crippen LogP) is 2.64. The van der Waals surface area contributed by atoms with Crippen molar-refractivity contribution in [2.75, 3.05) is 19.7 Å². The zero-order valence-corrected chi connectivity index (χ0v) is 13.2. The maximum absolute atomic E-state index is 12.7. The second-order valence-electron chi connectivity index (χ2n) is 6.41. The van der Waals surface area contributed by atoms with Gasteiger partial charge in [-0.1, -0.05) is 0 Å². The number of likely N-dealkylation sites (tertiary alicyclic amines) is 1. The highest BCUT2D eigenvalue weighted by atomic mass is 19.1. The second-order valence-corrected chi connectivity index (χ2v) is 6.41. The Bertz CT molecular complexity index is 494. The lowest BCUT2D eigenvalue weighted by Crippen LogP contribution is -2.42. The number of hydrogen-bond acceptors (Lipinski definition) is 5. The van der Waals surface area contributed by atoms with E-state index >= 15 is 0 Å². The zero-order chi connectivity index (χ0) is 16.2. The summed E-state index contributed by atoms with van der Waals surface area (Å²) in [7, 11) is 0. The van der Waals surface area contributed by atoms with Crippen LogP contribution in [0.3, 0.4) is 0 Å². The molecule has 0 bridgehead atoms. The third-order valence-corrected chi connectivity index (χ3v) is 3.31. The van der Waals surface area contributed by atoms with Gasteiger partial charge in [-0.2, -0.15) is 0 Å². The highest BCUT2D eigenvalue weighted by Crippen LogP contribution is 2.20. The summed E-state index contributed by atoms with van der Waals surface area (Å²) in [4.78, 5) is 21.2. The Kier molecular flexibility index (Phi) is 5.15. The number of piperidine rings is 1. The fourth-order valence-corrected chi connectivity index (χ4v) is 2.18. The Morgan fingerprint density at radius 3 is 2.45 bits per heavy atom. The van der Waals surface area contributed by atoms with E-state index in [4.69, 9.17) is 9.47 Å². The second kappa shape index (κ2) is 6.89. The minimum atomic E-state index is -0.488. The molecule has 0 saturated carbocycles. The van der Waals surface area contributed by atoms with Gasteiger partial charge < -0.3 is 14.4 Å². The van der Waals surface area contributed by atoms with Crippen molar-refractivity contribution >= 4 is 6.09 Å². The largest absolute Gasteiger partial charge is 0.463 e. The molecule has 0 radical (unpaired) electrons. The standard InChI is InChI=1S/C15H22FN3O3/c1-15(2,3)22-14(20)19-6-4-11(5-7-19)10-21-13-17-8-12(16)9-18-13/h8-9,11H,4-7,10H2,1-3H3. The molecule has 1 aromatic heterocycles. The van der Waals surface area contributed by atoms with Crippen molar-refractivity contribution in [3.05, 3.63) is 18.2 Å². The van der Waals surface area contributed by atoms with Crippen molar-refractivity contribution in [3.8, 4) is 6.01 Å².